The van der Waals surface area contributed by atoms with Crippen LogP contribution in [0, 0.1) is 0 Å². The Morgan fingerprint density at radius 1 is 1.50 bits per heavy atom. The summed E-state index contributed by atoms with van der Waals surface area (Å²) in [7, 11) is -2.03. The Kier molecular flexibility index (Phi) is 4.89. The van der Waals surface area contributed by atoms with Crippen LogP contribution in [0.1, 0.15) is 6.92 Å². The number of nitrogen functional groups attached to an aromatic ring is 1. The predicted octanol–water partition coefficient (Wildman–Crippen LogP) is 1.35. The Morgan fingerprint density at radius 3 is 2.61 bits per heavy atom. The fraction of sp³-hybridized carbons (Fsp3) is 0.455. The number of aromatic hydroxyl groups is 1. The maximum absolute atomic E-state index is 12.3. The van der Waals surface area contributed by atoms with Crippen LogP contribution in [0.3, 0.4) is 0 Å². The third-order valence-corrected chi connectivity index (χ3v) is 5.49. The normalized spacial score (nSPS) is 13.8. The van der Waals surface area contributed by atoms with Crippen molar-refractivity contribution in [1.29, 1.82) is 0 Å². The van der Waals surface area contributed by atoms with Crippen LogP contribution in [-0.4, -0.2) is 42.9 Å². The van der Waals surface area contributed by atoms with Gasteiger partial charge in [-0.15, -0.1) is 0 Å². The molecule has 0 aliphatic heterocycles. The Morgan fingerprint density at radius 2 is 2.11 bits per heavy atom. The lowest BCUT2D eigenvalue weighted by Gasteiger charge is -2.23. The molecule has 3 N–H and O–H groups in total. The van der Waals surface area contributed by atoms with Gasteiger partial charge in [-0.05, 0) is 31.4 Å². The molecule has 1 aromatic carbocycles. The van der Waals surface area contributed by atoms with Gasteiger partial charge in [0.2, 0.25) is 10.0 Å². The SMILES string of the molecule is CSCC(C)N(C)S(=O)(=O)c1ccc(O)c(N)c1. The van der Waals surface area contributed by atoms with Crippen molar-refractivity contribution in [1.82, 2.24) is 4.31 Å². The van der Waals surface area contributed by atoms with Gasteiger partial charge in [0.05, 0.1) is 10.6 Å². The minimum absolute atomic E-state index is 0.0574. The molecule has 0 aliphatic carbocycles. The molecule has 0 fully saturated rings. The number of benzene rings is 1. The Hall–Kier alpha value is -0.920. The van der Waals surface area contributed by atoms with E-state index in [1.807, 2.05) is 13.2 Å². The lowest BCUT2D eigenvalue weighted by atomic mass is 10.3. The summed E-state index contributed by atoms with van der Waals surface area (Å²) in [6.07, 6.45) is 1.93. The minimum atomic E-state index is -3.57. The molecule has 1 atom stereocenters. The molecule has 102 valence electrons. The standard InChI is InChI=1S/C11H18N2O3S2/c1-8(7-17-3)13(2)18(15,16)9-4-5-11(14)10(12)6-9/h4-6,8,14H,7,12H2,1-3H3. The zero-order valence-electron chi connectivity index (χ0n) is 10.6. The summed E-state index contributed by atoms with van der Waals surface area (Å²) in [4.78, 5) is 0.0910. The van der Waals surface area contributed by atoms with Gasteiger partial charge in [-0.2, -0.15) is 16.1 Å². The number of nitrogens with zero attached hydrogens (tertiary/aromatic N) is 1. The maximum atomic E-state index is 12.3. The highest BCUT2D eigenvalue weighted by molar-refractivity contribution is 7.98. The van der Waals surface area contributed by atoms with Crippen LogP contribution in [0.25, 0.3) is 0 Å². The van der Waals surface area contributed by atoms with Crippen LogP contribution in [0.15, 0.2) is 23.1 Å². The molecule has 0 saturated heterocycles. The van der Waals surface area contributed by atoms with Crippen molar-refractivity contribution in [3.05, 3.63) is 18.2 Å². The van der Waals surface area contributed by atoms with Gasteiger partial charge < -0.3 is 10.8 Å². The molecular formula is C11H18N2O3S2. The largest absolute Gasteiger partial charge is 0.506 e. The van der Waals surface area contributed by atoms with Gasteiger partial charge in [0.15, 0.2) is 0 Å². The Balaban J connectivity index is 3.09. The molecule has 0 spiro atoms. The van der Waals surface area contributed by atoms with E-state index in [9.17, 15) is 13.5 Å². The van der Waals surface area contributed by atoms with Crippen molar-refractivity contribution in [2.24, 2.45) is 0 Å². The van der Waals surface area contributed by atoms with Crippen molar-refractivity contribution in [2.75, 3.05) is 24.8 Å². The number of rotatable bonds is 5. The van der Waals surface area contributed by atoms with E-state index in [1.165, 1.54) is 22.5 Å². The highest BCUT2D eigenvalue weighted by Gasteiger charge is 2.25. The number of hydrogen-bond donors (Lipinski definition) is 2. The number of thioether (sulfide) groups is 1. The van der Waals surface area contributed by atoms with Crippen molar-refractivity contribution in [2.45, 2.75) is 17.9 Å². The molecule has 7 heteroatoms. The van der Waals surface area contributed by atoms with Gasteiger partial charge in [0.25, 0.3) is 0 Å². The first-order valence-corrected chi connectivity index (χ1v) is 8.19. The third-order valence-electron chi connectivity index (χ3n) is 2.70. The highest BCUT2D eigenvalue weighted by Crippen LogP contribution is 2.25. The summed E-state index contributed by atoms with van der Waals surface area (Å²) in [5, 5.41) is 9.30. The topological polar surface area (TPSA) is 83.6 Å². The van der Waals surface area contributed by atoms with E-state index in [1.54, 1.807) is 18.8 Å². The summed E-state index contributed by atoms with van der Waals surface area (Å²) < 4.78 is 25.9. The maximum Gasteiger partial charge on any atom is 0.243 e. The molecule has 0 saturated carbocycles. The number of anilines is 1. The fourth-order valence-corrected chi connectivity index (χ4v) is 3.64. The van der Waals surface area contributed by atoms with E-state index in [4.69, 9.17) is 5.73 Å². The van der Waals surface area contributed by atoms with Crippen molar-refractivity contribution in [3.63, 3.8) is 0 Å². The second-order valence-electron chi connectivity index (χ2n) is 4.05. The fourth-order valence-electron chi connectivity index (χ4n) is 1.44. The first-order valence-electron chi connectivity index (χ1n) is 5.36. The first kappa shape index (κ1) is 15.1. The van der Waals surface area contributed by atoms with Crippen LogP contribution in [-0.2, 0) is 10.0 Å². The average Bonchev–Trinajstić information content (AvgIpc) is 2.31. The molecule has 1 rings (SSSR count). The average molecular weight is 290 g/mol. The molecule has 0 aliphatic rings. The Bertz CT molecular complexity index is 517. The third kappa shape index (κ3) is 3.09. The molecule has 0 amide bonds. The van der Waals surface area contributed by atoms with Crippen LogP contribution >= 0.6 is 11.8 Å². The number of sulfonamides is 1. The van der Waals surface area contributed by atoms with Crippen LogP contribution in [0.5, 0.6) is 5.75 Å². The Labute approximate surface area is 112 Å². The molecule has 0 aromatic heterocycles. The van der Waals surface area contributed by atoms with Crippen LogP contribution in [0.4, 0.5) is 5.69 Å². The van der Waals surface area contributed by atoms with Gasteiger partial charge in [-0.1, -0.05) is 0 Å². The number of phenols is 1. The molecule has 1 aromatic rings. The zero-order chi connectivity index (χ0) is 13.9. The van der Waals surface area contributed by atoms with E-state index in [2.05, 4.69) is 0 Å². The van der Waals surface area contributed by atoms with Gasteiger partial charge in [-0.3, -0.25) is 0 Å². The van der Waals surface area contributed by atoms with E-state index >= 15 is 0 Å². The summed E-state index contributed by atoms with van der Waals surface area (Å²) in [6, 6.07) is 3.80. The van der Waals surface area contributed by atoms with Crippen molar-refractivity contribution >= 4 is 27.5 Å². The summed E-state index contributed by atoms with van der Waals surface area (Å²) >= 11 is 1.58. The first-order chi connectivity index (χ1) is 8.30. The molecule has 0 heterocycles. The quantitative estimate of drug-likeness (QED) is 0.631. The van der Waals surface area contributed by atoms with Crippen LogP contribution in [0.2, 0.25) is 0 Å². The van der Waals surface area contributed by atoms with E-state index in [0.29, 0.717) is 5.75 Å². The predicted molar refractivity (Wildman–Crippen MR) is 75.3 cm³/mol. The van der Waals surface area contributed by atoms with Gasteiger partial charge >= 0.3 is 0 Å². The zero-order valence-corrected chi connectivity index (χ0v) is 12.3. The highest BCUT2D eigenvalue weighted by atomic mass is 32.2. The molecule has 0 bridgehead atoms. The molecule has 1 unspecified atom stereocenters. The van der Waals surface area contributed by atoms with E-state index < -0.39 is 10.0 Å². The minimum Gasteiger partial charge on any atom is -0.506 e. The lowest BCUT2D eigenvalue weighted by molar-refractivity contribution is 0.415. The van der Waals surface area contributed by atoms with Crippen molar-refractivity contribution < 1.29 is 13.5 Å². The second-order valence-corrected chi connectivity index (χ2v) is 6.95. The number of nitrogens with two attached hydrogens (primary N) is 1. The van der Waals surface area contributed by atoms with Gasteiger partial charge in [0.1, 0.15) is 5.75 Å². The smallest absolute Gasteiger partial charge is 0.243 e. The summed E-state index contributed by atoms with van der Waals surface area (Å²) in [6.45, 7) is 1.85. The van der Waals surface area contributed by atoms with Gasteiger partial charge in [-0.25, -0.2) is 8.42 Å². The molecular weight excluding hydrogens is 272 g/mol. The second kappa shape index (κ2) is 5.81. The molecule has 5 nitrogen and oxygen atoms in total. The summed E-state index contributed by atoms with van der Waals surface area (Å²) in [5.74, 6) is 0.595. The number of hydrogen-bond acceptors (Lipinski definition) is 5. The van der Waals surface area contributed by atoms with Crippen molar-refractivity contribution in [3.8, 4) is 5.75 Å². The number of phenolic OH excluding ortho intramolecular Hbond substituents is 1. The van der Waals surface area contributed by atoms with Gasteiger partial charge in [0, 0.05) is 18.8 Å². The van der Waals surface area contributed by atoms with E-state index in [0.717, 1.165) is 0 Å². The lowest BCUT2D eigenvalue weighted by Crippen LogP contribution is -2.36. The molecule has 0 radical (unpaired) electrons. The van der Waals surface area contributed by atoms with Crippen LogP contribution < -0.4 is 5.73 Å². The molecule has 18 heavy (non-hydrogen) atoms. The van der Waals surface area contributed by atoms with E-state index in [-0.39, 0.29) is 22.4 Å². The monoisotopic (exact) mass is 290 g/mol. The summed E-state index contributed by atoms with van der Waals surface area (Å²) in [5.41, 5.74) is 5.57.